The Morgan fingerprint density at radius 3 is 2.58 bits per heavy atom. The highest BCUT2D eigenvalue weighted by Gasteiger charge is 2.33. The number of likely N-dealkylation sites (tertiary alicyclic amines) is 1. The van der Waals surface area contributed by atoms with Crippen LogP contribution in [0.2, 0.25) is 0 Å². The van der Waals surface area contributed by atoms with E-state index in [2.05, 4.69) is 15.6 Å². The Labute approximate surface area is 256 Å². The third-order valence-corrected chi connectivity index (χ3v) is 8.77. The lowest BCUT2D eigenvalue weighted by Crippen LogP contribution is -2.48. The summed E-state index contributed by atoms with van der Waals surface area (Å²) in [6.45, 7) is 3.44. The molecule has 3 N–H and O–H groups in total. The van der Waals surface area contributed by atoms with E-state index in [0.717, 1.165) is 40.4 Å². The van der Waals surface area contributed by atoms with Gasteiger partial charge in [0.1, 0.15) is 10.8 Å². The summed E-state index contributed by atoms with van der Waals surface area (Å²) >= 11 is 1.58. The smallest absolute Gasteiger partial charge is 0.254 e. The first-order chi connectivity index (χ1) is 20.9. The Morgan fingerprint density at radius 1 is 1.05 bits per heavy atom. The predicted octanol–water partition coefficient (Wildman–Crippen LogP) is 4.93. The highest BCUT2D eigenvalue weighted by molar-refractivity contribution is 7.09. The lowest BCUT2D eigenvalue weighted by Gasteiger charge is -2.25. The van der Waals surface area contributed by atoms with Gasteiger partial charge in [0.15, 0.2) is 0 Å². The van der Waals surface area contributed by atoms with E-state index in [1.807, 2.05) is 71.8 Å². The molecule has 8 nitrogen and oxygen atoms in total. The maximum Gasteiger partial charge on any atom is 0.254 e. The van der Waals surface area contributed by atoms with Crippen LogP contribution in [0.3, 0.4) is 0 Å². The summed E-state index contributed by atoms with van der Waals surface area (Å²) in [4.78, 5) is 33.6. The van der Waals surface area contributed by atoms with E-state index in [-0.39, 0.29) is 24.4 Å². The molecule has 0 unspecified atom stereocenters. The molecule has 0 bridgehead atoms. The van der Waals surface area contributed by atoms with E-state index in [1.165, 1.54) is 0 Å². The number of aromatic nitrogens is 1. The van der Waals surface area contributed by atoms with Crippen LogP contribution in [-0.2, 0) is 13.0 Å². The molecule has 1 aliphatic rings. The molecule has 3 aromatic carbocycles. The minimum atomic E-state index is -0.855. The lowest BCUT2D eigenvalue weighted by atomic mass is 10.00. The molecule has 9 heteroatoms. The highest BCUT2D eigenvalue weighted by atomic mass is 32.1. The van der Waals surface area contributed by atoms with Crippen molar-refractivity contribution in [2.24, 2.45) is 0 Å². The number of thiazole rings is 1. The summed E-state index contributed by atoms with van der Waals surface area (Å²) in [6, 6.07) is 23.7. The van der Waals surface area contributed by atoms with Crippen LogP contribution in [0.25, 0.3) is 0 Å². The number of nitrogens with one attached hydrogen (secondary N) is 2. The molecule has 1 aromatic heterocycles. The Morgan fingerprint density at radius 2 is 1.81 bits per heavy atom. The van der Waals surface area contributed by atoms with Crippen LogP contribution in [0.4, 0.5) is 0 Å². The topological polar surface area (TPSA) is 104 Å². The first-order valence-corrected chi connectivity index (χ1v) is 15.5. The van der Waals surface area contributed by atoms with Crippen molar-refractivity contribution in [3.8, 4) is 5.75 Å². The number of hydrogen-bond acceptors (Lipinski definition) is 7. The molecule has 2 heterocycles. The Hall–Kier alpha value is -4.05. The fourth-order valence-corrected chi connectivity index (χ4v) is 6.39. The summed E-state index contributed by atoms with van der Waals surface area (Å²) in [5.74, 6) is 0.330. The van der Waals surface area contributed by atoms with Gasteiger partial charge in [0.25, 0.3) is 11.8 Å². The normalized spacial score (nSPS) is 16.1. The number of carbonyl (C=O) groups excluding carboxylic acids is 2. The van der Waals surface area contributed by atoms with Gasteiger partial charge in [0.05, 0.1) is 25.3 Å². The van der Waals surface area contributed by atoms with Crippen LogP contribution in [0.5, 0.6) is 5.75 Å². The van der Waals surface area contributed by atoms with Crippen molar-refractivity contribution in [1.29, 1.82) is 0 Å². The third kappa shape index (κ3) is 7.87. The molecular formula is C34H38N4O4S. The van der Waals surface area contributed by atoms with Gasteiger partial charge in [-0.15, -0.1) is 11.3 Å². The van der Waals surface area contributed by atoms with Crippen LogP contribution in [0.15, 0.2) is 84.2 Å². The molecule has 43 heavy (non-hydrogen) atoms. The van der Waals surface area contributed by atoms with Gasteiger partial charge in [-0.2, -0.15) is 0 Å². The number of amides is 2. The molecule has 0 saturated carbocycles. The van der Waals surface area contributed by atoms with Crippen molar-refractivity contribution < 1.29 is 19.4 Å². The van der Waals surface area contributed by atoms with Crippen LogP contribution in [0.1, 0.15) is 61.4 Å². The van der Waals surface area contributed by atoms with Crippen LogP contribution in [-0.4, -0.2) is 59.1 Å². The fraction of sp³-hybridized carbons (Fsp3) is 0.324. The third-order valence-electron chi connectivity index (χ3n) is 7.70. The summed E-state index contributed by atoms with van der Waals surface area (Å²) in [7, 11) is 1.63. The minimum Gasteiger partial charge on any atom is -0.497 e. The predicted molar refractivity (Wildman–Crippen MR) is 168 cm³/mol. The van der Waals surface area contributed by atoms with Gasteiger partial charge < -0.3 is 25.4 Å². The van der Waals surface area contributed by atoms with Gasteiger partial charge >= 0.3 is 0 Å². The molecular weight excluding hydrogens is 560 g/mol. The zero-order valence-corrected chi connectivity index (χ0v) is 25.3. The lowest BCUT2D eigenvalue weighted by molar-refractivity contribution is 0.0735. The maximum atomic E-state index is 13.6. The maximum absolute atomic E-state index is 13.6. The Balaban J connectivity index is 1.27. The van der Waals surface area contributed by atoms with Gasteiger partial charge in [0.2, 0.25) is 0 Å². The largest absolute Gasteiger partial charge is 0.497 e. The second kappa shape index (κ2) is 14.4. The van der Waals surface area contributed by atoms with E-state index in [9.17, 15) is 14.7 Å². The van der Waals surface area contributed by atoms with Crippen LogP contribution >= 0.6 is 11.3 Å². The summed E-state index contributed by atoms with van der Waals surface area (Å²) in [5, 5.41) is 20.5. The SMILES string of the molecule is COc1cccc(CNC[C@H](O)[C@H](Cc2ccccc2)NC(=O)c2cccc(C(=O)N3CCC[C@H]3c3nc(C)cs3)c2)c1. The molecule has 224 valence electrons. The fourth-order valence-electron chi connectivity index (χ4n) is 5.44. The number of hydrogen-bond donors (Lipinski definition) is 3. The van der Waals surface area contributed by atoms with Crippen molar-refractivity contribution in [3.63, 3.8) is 0 Å². The molecule has 2 amide bonds. The molecule has 1 aliphatic heterocycles. The van der Waals surface area contributed by atoms with E-state index >= 15 is 0 Å². The molecule has 3 atom stereocenters. The zero-order valence-electron chi connectivity index (χ0n) is 24.5. The number of benzene rings is 3. The Bertz CT molecular complexity index is 1530. The van der Waals surface area contributed by atoms with E-state index in [1.54, 1.807) is 42.7 Å². The first-order valence-electron chi connectivity index (χ1n) is 14.6. The van der Waals surface area contributed by atoms with E-state index in [0.29, 0.717) is 30.6 Å². The van der Waals surface area contributed by atoms with Gasteiger partial charge in [-0.3, -0.25) is 9.59 Å². The molecule has 0 radical (unpaired) electrons. The van der Waals surface area contributed by atoms with Crippen molar-refractivity contribution >= 4 is 23.2 Å². The van der Waals surface area contributed by atoms with Crippen molar-refractivity contribution in [3.05, 3.63) is 117 Å². The number of ether oxygens (including phenoxy) is 1. The van der Waals surface area contributed by atoms with Gasteiger partial charge in [-0.25, -0.2) is 4.98 Å². The molecule has 1 fully saturated rings. The van der Waals surface area contributed by atoms with E-state index < -0.39 is 12.1 Å². The van der Waals surface area contributed by atoms with Crippen molar-refractivity contribution in [2.45, 2.75) is 50.9 Å². The van der Waals surface area contributed by atoms with Crippen LogP contribution in [0, 0.1) is 6.92 Å². The number of rotatable bonds is 12. The van der Waals surface area contributed by atoms with Gasteiger partial charge in [-0.05, 0) is 67.6 Å². The summed E-state index contributed by atoms with van der Waals surface area (Å²) < 4.78 is 5.30. The molecule has 4 aromatic rings. The average molecular weight is 599 g/mol. The highest BCUT2D eigenvalue weighted by Crippen LogP contribution is 2.34. The standard InChI is InChI=1S/C34H38N4O4S/c1-23-22-43-33(36-23)30-15-8-16-38(30)34(41)27-13-7-12-26(19-27)32(40)37-29(18-24-9-4-3-5-10-24)31(39)21-35-20-25-11-6-14-28(17-25)42-2/h3-7,9-14,17,19,22,29-31,35,39H,8,15-16,18,20-21H2,1-2H3,(H,37,40)/t29-,30-,31-/m0/s1. The number of carbonyl (C=O) groups is 2. The second-order valence-electron chi connectivity index (χ2n) is 10.9. The van der Waals surface area contributed by atoms with Crippen molar-refractivity contribution in [2.75, 3.05) is 20.2 Å². The van der Waals surface area contributed by atoms with Gasteiger partial charge in [0, 0.05) is 41.8 Å². The average Bonchev–Trinajstić information content (AvgIpc) is 3.70. The Kier molecular flexibility index (Phi) is 10.2. The molecule has 1 saturated heterocycles. The van der Waals surface area contributed by atoms with E-state index in [4.69, 9.17) is 4.74 Å². The van der Waals surface area contributed by atoms with Crippen LogP contribution < -0.4 is 15.4 Å². The number of aliphatic hydroxyl groups is 1. The van der Waals surface area contributed by atoms with Crippen molar-refractivity contribution in [1.82, 2.24) is 20.5 Å². The number of nitrogens with zero attached hydrogens (tertiary/aromatic N) is 2. The zero-order chi connectivity index (χ0) is 30.2. The number of methoxy groups -OCH3 is 1. The molecule has 0 aliphatic carbocycles. The molecule has 5 rings (SSSR count). The summed E-state index contributed by atoms with van der Waals surface area (Å²) in [5.41, 5.74) is 3.83. The molecule has 0 spiro atoms. The minimum absolute atomic E-state index is 0.0430. The number of aryl methyl sites for hydroxylation is 1. The number of aliphatic hydroxyl groups excluding tert-OH is 1. The first kappa shape index (κ1) is 30.4. The monoisotopic (exact) mass is 598 g/mol. The quantitative estimate of drug-likeness (QED) is 0.214. The summed E-state index contributed by atoms with van der Waals surface area (Å²) in [6.07, 6.45) is 1.39. The second-order valence-corrected chi connectivity index (χ2v) is 11.8. The van der Waals surface area contributed by atoms with Gasteiger partial charge in [-0.1, -0.05) is 48.5 Å².